The third kappa shape index (κ3) is 6.24. The van der Waals surface area contributed by atoms with Crippen LogP contribution in [0.15, 0.2) is 53.0 Å². The maximum atomic E-state index is 13.0. The lowest BCUT2D eigenvalue weighted by Crippen LogP contribution is -2.50. The fraction of sp³-hybridized carbons (Fsp3) is 0.333. The number of amides is 2. The first kappa shape index (κ1) is 22.2. The van der Waals surface area contributed by atoms with Crippen molar-refractivity contribution in [2.24, 2.45) is 0 Å². The zero-order valence-electron chi connectivity index (χ0n) is 16.0. The average molecular weight is 468 g/mol. The minimum Gasteiger partial charge on any atom is -0.484 e. The molecule has 1 unspecified atom stereocenters. The molecule has 0 saturated carbocycles. The van der Waals surface area contributed by atoms with Gasteiger partial charge in [-0.05, 0) is 49.2 Å². The van der Waals surface area contributed by atoms with E-state index in [2.05, 4.69) is 21.2 Å². The van der Waals surface area contributed by atoms with Crippen molar-refractivity contribution in [3.05, 3.63) is 63.6 Å². The summed E-state index contributed by atoms with van der Waals surface area (Å²) >= 11 is 9.64. The molecule has 0 spiro atoms. The predicted octanol–water partition coefficient (Wildman–Crippen LogP) is 4.42. The monoisotopic (exact) mass is 466 g/mol. The van der Waals surface area contributed by atoms with Crippen molar-refractivity contribution in [3.63, 3.8) is 0 Å². The minimum absolute atomic E-state index is 0.165. The van der Waals surface area contributed by atoms with Gasteiger partial charge in [0.05, 0.1) is 0 Å². The molecule has 0 saturated heterocycles. The zero-order valence-corrected chi connectivity index (χ0v) is 18.3. The number of nitrogens with one attached hydrogen (secondary N) is 1. The standard InChI is InChI=1S/C21H24BrClN2O3/c1-3-19(21(27)24-4-2)25(13-15-7-5-6-8-18(15)23)20(26)14-28-17-11-9-16(22)10-12-17/h5-12,19H,3-4,13-14H2,1-2H3,(H,24,27). The van der Waals surface area contributed by atoms with Gasteiger partial charge in [-0.2, -0.15) is 0 Å². The van der Waals surface area contributed by atoms with Crippen LogP contribution in [0.25, 0.3) is 0 Å². The van der Waals surface area contributed by atoms with E-state index in [4.69, 9.17) is 16.3 Å². The Balaban J connectivity index is 2.20. The molecule has 1 N–H and O–H groups in total. The van der Waals surface area contributed by atoms with E-state index in [-0.39, 0.29) is 25.0 Å². The molecule has 0 bridgehead atoms. The predicted molar refractivity (Wildman–Crippen MR) is 114 cm³/mol. The van der Waals surface area contributed by atoms with Gasteiger partial charge in [0.2, 0.25) is 5.91 Å². The molecule has 0 aliphatic heterocycles. The summed E-state index contributed by atoms with van der Waals surface area (Å²) in [6, 6.07) is 13.9. The normalized spacial score (nSPS) is 11.6. The van der Waals surface area contributed by atoms with Crippen LogP contribution < -0.4 is 10.1 Å². The smallest absolute Gasteiger partial charge is 0.261 e. The Bertz CT molecular complexity index is 798. The highest BCUT2D eigenvalue weighted by atomic mass is 79.9. The van der Waals surface area contributed by atoms with E-state index in [1.165, 1.54) is 4.90 Å². The number of nitrogens with zero attached hydrogens (tertiary/aromatic N) is 1. The van der Waals surface area contributed by atoms with E-state index in [9.17, 15) is 9.59 Å². The van der Waals surface area contributed by atoms with E-state index in [1.54, 1.807) is 18.2 Å². The fourth-order valence-electron chi connectivity index (χ4n) is 2.78. The highest BCUT2D eigenvalue weighted by molar-refractivity contribution is 9.10. The van der Waals surface area contributed by atoms with Crippen molar-refractivity contribution < 1.29 is 14.3 Å². The van der Waals surface area contributed by atoms with Crippen LogP contribution in [0, 0.1) is 0 Å². The molecule has 2 aromatic rings. The maximum absolute atomic E-state index is 13.0. The molecule has 0 aliphatic carbocycles. The summed E-state index contributed by atoms with van der Waals surface area (Å²) in [7, 11) is 0. The number of carbonyl (C=O) groups excluding carboxylic acids is 2. The van der Waals surface area contributed by atoms with E-state index >= 15 is 0 Å². The van der Waals surface area contributed by atoms with Gasteiger partial charge in [-0.3, -0.25) is 9.59 Å². The molecule has 150 valence electrons. The second kappa shape index (κ2) is 11.1. The summed E-state index contributed by atoms with van der Waals surface area (Å²) in [5.41, 5.74) is 0.781. The van der Waals surface area contributed by atoms with Gasteiger partial charge in [0.1, 0.15) is 11.8 Å². The van der Waals surface area contributed by atoms with E-state index in [1.807, 2.05) is 44.2 Å². The van der Waals surface area contributed by atoms with Crippen LogP contribution in [0.1, 0.15) is 25.8 Å². The number of halogens is 2. The molecule has 2 rings (SSSR count). The van der Waals surface area contributed by atoms with Gasteiger partial charge in [0, 0.05) is 22.6 Å². The number of ether oxygens (including phenoxy) is 1. The first-order chi connectivity index (χ1) is 13.5. The quantitative estimate of drug-likeness (QED) is 0.594. The summed E-state index contributed by atoms with van der Waals surface area (Å²) in [5.74, 6) is 0.121. The molecular weight excluding hydrogens is 444 g/mol. The lowest BCUT2D eigenvalue weighted by molar-refractivity contribution is -0.142. The Hall–Kier alpha value is -2.05. The molecule has 2 aromatic carbocycles. The Morgan fingerprint density at radius 2 is 1.82 bits per heavy atom. The van der Waals surface area contributed by atoms with E-state index in [0.29, 0.717) is 23.7 Å². The van der Waals surface area contributed by atoms with Crippen LogP contribution in [0.3, 0.4) is 0 Å². The Kier molecular flexibility index (Phi) is 8.80. The molecule has 28 heavy (non-hydrogen) atoms. The number of hydrogen-bond donors (Lipinski definition) is 1. The third-order valence-electron chi connectivity index (χ3n) is 4.21. The number of likely N-dealkylation sites (N-methyl/N-ethyl adjacent to an activating group) is 1. The van der Waals surface area contributed by atoms with Gasteiger partial charge in [0.25, 0.3) is 5.91 Å². The Morgan fingerprint density at radius 3 is 2.43 bits per heavy atom. The van der Waals surface area contributed by atoms with Crippen molar-refractivity contribution in [2.45, 2.75) is 32.9 Å². The molecule has 0 heterocycles. The number of rotatable bonds is 9. The molecule has 2 amide bonds. The lowest BCUT2D eigenvalue weighted by atomic mass is 10.1. The van der Waals surface area contributed by atoms with Gasteiger partial charge < -0.3 is 15.0 Å². The number of hydrogen-bond acceptors (Lipinski definition) is 3. The first-order valence-electron chi connectivity index (χ1n) is 9.15. The average Bonchev–Trinajstić information content (AvgIpc) is 2.69. The first-order valence-corrected chi connectivity index (χ1v) is 10.3. The molecule has 0 fully saturated rings. The Morgan fingerprint density at radius 1 is 1.14 bits per heavy atom. The van der Waals surface area contributed by atoms with E-state index in [0.717, 1.165) is 10.0 Å². The van der Waals surface area contributed by atoms with Crippen molar-refractivity contribution in [1.82, 2.24) is 10.2 Å². The largest absolute Gasteiger partial charge is 0.484 e. The molecule has 7 heteroatoms. The van der Waals surface area contributed by atoms with Crippen molar-refractivity contribution >= 4 is 39.3 Å². The summed E-state index contributed by atoms with van der Waals surface area (Å²) in [5, 5.41) is 3.36. The Labute approximate surface area is 179 Å². The zero-order chi connectivity index (χ0) is 20.5. The second-order valence-corrected chi connectivity index (χ2v) is 7.50. The minimum atomic E-state index is -0.600. The topological polar surface area (TPSA) is 58.6 Å². The molecule has 0 aromatic heterocycles. The third-order valence-corrected chi connectivity index (χ3v) is 5.11. The molecular formula is C21H24BrClN2O3. The van der Waals surface area contributed by atoms with Crippen molar-refractivity contribution in [1.29, 1.82) is 0 Å². The highest BCUT2D eigenvalue weighted by Crippen LogP contribution is 2.20. The van der Waals surface area contributed by atoms with Crippen LogP contribution in [-0.4, -0.2) is 35.9 Å². The van der Waals surface area contributed by atoms with Gasteiger partial charge in [-0.15, -0.1) is 0 Å². The van der Waals surface area contributed by atoms with Crippen LogP contribution in [-0.2, 0) is 16.1 Å². The van der Waals surface area contributed by atoms with Gasteiger partial charge in [-0.1, -0.05) is 52.7 Å². The summed E-state index contributed by atoms with van der Waals surface area (Å²) < 4.78 is 6.55. The van der Waals surface area contributed by atoms with Crippen molar-refractivity contribution in [3.8, 4) is 5.75 Å². The van der Waals surface area contributed by atoms with Crippen LogP contribution in [0.5, 0.6) is 5.75 Å². The van der Waals surface area contributed by atoms with E-state index < -0.39 is 6.04 Å². The molecule has 1 atom stereocenters. The summed E-state index contributed by atoms with van der Waals surface area (Å²) in [4.78, 5) is 27.0. The summed E-state index contributed by atoms with van der Waals surface area (Å²) in [6.07, 6.45) is 0.486. The molecule has 5 nitrogen and oxygen atoms in total. The van der Waals surface area contributed by atoms with Gasteiger partial charge in [0.15, 0.2) is 6.61 Å². The fourth-order valence-corrected chi connectivity index (χ4v) is 3.24. The van der Waals surface area contributed by atoms with Crippen LogP contribution in [0.4, 0.5) is 0 Å². The van der Waals surface area contributed by atoms with Gasteiger partial charge >= 0.3 is 0 Å². The van der Waals surface area contributed by atoms with Crippen molar-refractivity contribution in [2.75, 3.05) is 13.2 Å². The maximum Gasteiger partial charge on any atom is 0.261 e. The second-order valence-electron chi connectivity index (χ2n) is 6.17. The summed E-state index contributed by atoms with van der Waals surface area (Å²) in [6.45, 7) is 4.29. The SMILES string of the molecule is CCNC(=O)C(CC)N(Cc1ccccc1Cl)C(=O)COc1ccc(Br)cc1. The molecule has 0 radical (unpaired) electrons. The number of benzene rings is 2. The lowest BCUT2D eigenvalue weighted by Gasteiger charge is -2.30. The number of carbonyl (C=O) groups is 2. The van der Waals surface area contributed by atoms with Crippen LogP contribution >= 0.6 is 27.5 Å². The highest BCUT2D eigenvalue weighted by Gasteiger charge is 2.29. The van der Waals surface area contributed by atoms with Crippen LogP contribution in [0.2, 0.25) is 5.02 Å². The molecule has 0 aliphatic rings. The van der Waals surface area contributed by atoms with Gasteiger partial charge in [-0.25, -0.2) is 0 Å².